The van der Waals surface area contributed by atoms with Crippen molar-refractivity contribution in [1.29, 1.82) is 0 Å². The van der Waals surface area contributed by atoms with Crippen LogP contribution < -0.4 is 5.56 Å². The fourth-order valence-corrected chi connectivity index (χ4v) is 5.06. The van der Waals surface area contributed by atoms with Crippen LogP contribution >= 0.6 is 0 Å². The third-order valence-corrected chi connectivity index (χ3v) is 6.46. The summed E-state index contributed by atoms with van der Waals surface area (Å²) in [4.78, 5) is 26.8. The van der Waals surface area contributed by atoms with Gasteiger partial charge in [-0.25, -0.2) is 0 Å². The Morgan fingerprint density at radius 1 is 1.24 bits per heavy atom. The van der Waals surface area contributed by atoms with Crippen LogP contribution in [0.4, 0.5) is 13.2 Å². The Bertz CT molecular complexity index is 1440. The minimum absolute atomic E-state index is 0.0937. The second-order valence-corrected chi connectivity index (χ2v) is 8.76. The number of carbonyl (C=O) groups is 1. The van der Waals surface area contributed by atoms with E-state index in [0.29, 0.717) is 17.9 Å². The van der Waals surface area contributed by atoms with E-state index in [1.807, 2.05) is 17.7 Å². The van der Waals surface area contributed by atoms with Crippen molar-refractivity contribution >= 4 is 17.2 Å². The molecule has 0 bridgehead atoms. The first-order valence-corrected chi connectivity index (χ1v) is 10.4. The summed E-state index contributed by atoms with van der Waals surface area (Å²) < 4.78 is 44.3. The van der Waals surface area contributed by atoms with Gasteiger partial charge < -0.3 is 9.55 Å². The predicted octanol–water partition coefficient (Wildman–Crippen LogP) is 3.99. The molecule has 0 radical (unpaired) electrons. The summed E-state index contributed by atoms with van der Waals surface area (Å²) in [6.07, 6.45) is -0.295. The number of carbonyl (C=O) groups excluding carboxylic acids is 1. The van der Waals surface area contributed by atoms with Gasteiger partial charge in [0.05, 0.1) is 16.7 Å². The van der Waals surface area contributed by atoms with Crippen LogP contribution in [0, 0.1) is 5.92 Å². The fraction of sp³-hybridized carbons (Fsp3) is 0.304. The molecule has 1 fully saturated rings. The molecule has 1 aromatic carbocycles. The molecule has 0 unspecified atom stereocenters. The van der Waals surface area contributed by atoms with E-state index in [9.17, 15) is 22.8 Å². The van der Waals surface area contributed by atoms with E-state index in [4.69, 9.17) is 0 Å². The second-order valence-electron chi connectivity index (χ2n) is 8.76. The summed E-state index contributed by atoms with van der Waals surface area (Å²) in [5.74, 6) is 1.22. The number of aryl methyl sites for hydroxylation is 1. The van der Waals surface area contributed by atoms with Crippen LogP contribution in [0.5, 0.6) is 0 Å². The van der Waals surface area contributed by atoms with Crippen LogP contribution in [-0.4, -0.2) is 30.6 Å². The molecule has 1 aliphatic rings. The number of hydrogen-bond donors (Lipinski definition) is 1. The van der Waals surface area contributed by atoms with Crippen molar-refractivity contribution in [2.24, 2.45) is 13.0 Å². The summed E-state index contributed by atoms with van der Waals surface area (Å²) in [6, 6.07) is 8.00. The van der Waals surface area contributed by atoms with Gasteiger partial charge in [0, 0.05) is 24.3 Å². The molecular weight excluding hydrogens is 435 g/mol. The summed E-state index contributed by atoms with van der Waals surface area (Å²) in [7, 11) is 1.85. The smallest absolute Gasteiger partial charge is 0.348 e. The average molecular weight is 455 g/mol. The Morgan fingerprint density at radius 3 is 2.61 bits per heavy atom. The van der Waals surface area contributed by atoms with E-state index >= 15 is 0 Å². The number of alkyl halides is 3. The minimum atomic E-state index is -4.71. The Labute approximate surface area is 185 Å². The Balaban J connectivity index is 1.72. The van der Waals surface area contributed by atoms with E-state index < -0.39 is 22.7 Å². The van der Waals surface area contributed by atoms with Gasteiger partial charge >= 0.3 is 6.18 Å². The number of hydrogen-bond acceptors (Lipinski definition) is 4. The third kappa shape index (κ3) is 3.20. The molecule has 0 aliphatic heterocycles. The van der Waals surface area contributed by atoms with Crippen molar-refractivity contribution in [3.05, 3.63) is 75.9 Å². The highest BCUT2D eigenvalue weighted by Gasteiger charge is 2.48. The van der Waals surface area contributed by atoms with Gasteiger partial charge in [0.2, 0.25) is 0 Å². The first-order chi connectivity index (χ1) is 15.6. The maximum Gasteiger partial charge on any atom is 0.418 e. The first-order valence-electron chi connectivity index (χ1n) is 10.4. The molecular formula is C23H20F3N5O2. The van der Waals surface area contributed by atoms with Crippen LogP contribution in [0.25, 0.3) is 16.6 Å². The molecule has 1 N–H and O–H groups in total. The normalized spacial score (nSPS) is 20.7. The number of aldehydes is 1. The zero-order chi connectivity index (χ0) is 23.5. The van der Waals surface area contributed by atoms with Gasteiger partial charge in [-0.1, -0.05) is 19.1 Å². The molecule has 1 saturated carbocycles. The Morgan fingerprint density at radius 2 is 2.00 bits per heavy atom. The lowest BCUT2D eigenvalue weighted by Gasteiger charge is -2.46. The maximum atomic E-state index is 13.8. The zero-order valence-electron chi connectivity index (χ0n) is 17.8. The van der Waals surface area contributed by atoms with E-state index in [1.165, 1.54) is 0 Å². The monoisotopic (exact) mass is 455 g/mol. The molecule has 0 spiro atoms. The van der Waals surface area contributed by atoms with Crippen molar-refractivity contribution in [3.63, 3.8) is 0 Å². The quantitative estimate of drug-likeness (QED) is 0.472. The number of halogens is 3. The van der Waals surface area contributed by atoms with Crippen LogP contribution in [0.3, 0.4) is 0 Å². The molecule has 3 aromatic heterocycles. The number of nitrogens with zero attached hydrogens (tertiary/aromatic N) is 4. The van der Waals surface area contributed by atoms with Crippen molar-refractivity contribution in [3.8, 4) is 5.69 Å². The zero-order valence-corrected chi connectivity index (χ0v) is 17.8. The molecule has 3 heterocycles. The molecule has 170 valence electrons. The summed E-state index contributed by atoms with van der Waals surface area (Å²) in [5, 5.41) is 7.97. The third-order valence-electron chi connectivity index (χ3n) is 6.46. The van der Waals surface area contributed by atoms with Gasteiger partial charge in [0.1, 0.15) is 17.7 Å². The van der Waals surface area contributed by atoms with Gasteiger partial charge in [0.15, 0.2) is 6.29 Å². The van der Waals surface area contributed by atoms with Crippen molar-refractivity contribution in [2.45, 2.75) is 31.4 Å². The van der Waals surface area contributed by atoms with E-state index in [2.05, 4.69) is 22.1 Å². The number of nitrogens with one attached hydrogen (secondary N) is 1. The SMILES string of the molecule is CC1CC(c2cccc(-n3cc(C(F)(F)F)c4cc(C=O)[nH]c4c3=O)c2)(c2nncn2C)C1. The van der Waals surface area contributed by atoms with Crippen LogP contribution in [0.2, 0.25) is 0 Å². The lowest BCUT2D eigenvalue weighted by Crippen LogP contribution is -2.43. The van der Waals surface area contributed by atoms with E-state index in [1.54, 1.807) is 24.5 Å². The number of aromatic amines is 1. The molecule has 4 aromatic rings. The number of aromatic nitrogens is 5. The number of rotatable bonds is 4. The fourth-order valence-electron chi connectivity index (χ4n) is 5.06. The molecule has 1 aliphatic carbocycles. The highest BCUT2D eigenvalue weighted by Crippen LogP contribution is 2.51. The number of pyridine rings is 1. The summed E-state index contributed by atoms with van der Waals surface area (Å²) in [6.45, 7) is 2.13. The molecule has 5 rings (SSSR count). The van der Waals surface area contributed by atoms with E-state index in [0.717, 1.165) is 41.1 Å². The topological polar surface area (TPSA) is 85.6 Å². The first kappa shape index (κ1) is 21.2. The van der Waals surface area contributed by atoms with Gasteiger partial charge in [-0.2, -0.15) is 13.2 Å². The van der Waals surface area contributed by atoms with Crippen molar-refractivity contribution in [2.75, 3.05) is 0 Å². The van der Waals surface area contributed by atoms with Crippen LogP contribution in [0.1, 0.15) is 47.2 Å². The van der Waals surface area contributed by atoms with Crippen molar-refractivity contribution < 1.29 is 18.0 Å². The molecule has 10 heteroatoms. The average Bonchev–Trinajstić information content (AvgIpc) is 3.37. The predicted molar refractivity (Wildman–Crippen MR) is 114 cm³/mol. The highest BCUT2D eigenvalue weighted by molar-refractivity contribution is 5.90. The van der Waals surface area contributed by atoms with E-state index in [-0.39, 0.29) is 16.6 Å². The highest BCUT2D eigenvalue weighted by atomic mass is 19.4. The van der Waals surface area contributed by atoms with Gasteiger partial charge in [-0.3, -0.25) is 14.2 Å². The maximum absolute atomic E-state index is 13.8. The van der Waals surface area contributed by atoms with Crippen LogP contribution in [0.15, 0.2) is 47.7 Å². The number of H-pyrrole nitrogens is 1. The molecule has 0 saturated heterocycles. The second kappa shape index (κ2) is 7.16. The van der Waals surface area contributed by atoms with Crippen LogP contribution in [-0.2, 0) is 18.6 Å². The number of benzene rings is 1. The lowest BCUT2D eigenvalue weighted by molar-refractivity contribution is -0.136. The van der Waals surface area contributed by atoms with Gasteiger partial charge in [-0.15, -0.1) is 10.2 Å². The molecule has 33 heavy (non-hydrogen) atoms. The molecule has 7 nitrogen and oxygen atoms in total. The Hall–Kier alpha value is -3.69. The lowest BCUT2D eigenvalue weighted by atomic mass is 9.58. The van der Waals surface area contributed by atoms with Gasteiger partial charge in [-0.05, 0) is 42.5 Å². The summed E-state index contributed by atoms with van der Waals surface area (Å²) in [5.41, 5.74) is -1.30. The molecule has 0 amide bonds. The Kier molecular flexibility index (Phi) is 4.59. The largest absolute Gasteiger partial charge is 0.418 e. The van der Waals surface area contributed by atoms with Crippen molar-refractivity contribution in [1.82, 2.24) is 24.3 Å². The van der Waals surface area contributed by atoms with Gasteiger partial charge in [0.25, 0.3) is 5.56 Å². The summed E-state index contributed by atoms with van der Waals surface area (Å²) >= 11 is 0. The number of fused-ring (bicyclic) bond motifs is 1. The minimum Gasteiger partial charge on any atom is -0.348 e. The standard InChI is InChI=1S/C23H20F3N5O2/c1-13-8-22(9-13,21-29-27-12-30(21)2)14-4-3-5-16(6-14)31-10-18(23(24,25)26)17-7-15(11-32)28-19(17)20(31)33/h3-7,10-13,28H,8-9H2,1-2H3. The molecule has 0 atom stereocenters.